The number of H-pyrrole nitrogens is 1. The van der Waals surface area contributed by atoms with Crippen LogP contribution >= 0.6 is 0 Å². The van der Waals surface area contributed by atoms with Crippen LogP contribution in [-0.4, -0.2) is 44.6 Å². The van der Waals surface area contributed by atoms with Gasteiger partial charge in [0, 0.05) is 18.4 Å². The summed E-state index contributed by atoms with van der Waals surface area (Å²) >= 11 is 0. The van der Waals surface area contributed by atoms with Gasteiger partial charge in [-0.05, 0) is 87.0 Å². The third kappa shape index (κ3) is 3.53. The molecule has 5 fully saturated rings. The number of amides is 2. The van der Waals surface area contributed by atoms with Crippen molar-refractivity contribution in [2.45, 2.75) is 71.1 Å². The second kappa shape index (κ2) is 8.04. The average molecular weight is 463 g/mol. The fourth-order valence-electron chi connectivity index (χ4n) is 8.28. The van der Waals surface area contributed by atoms with Gasteiger partial charge in [0.1, 0.15) is 5.82 Å². The van der Waals surface area contributed by atoms with E-state index < -0.39 is 10.6 Å². The fraction of sp³-hybridized carbons (Fsp3) is 0.607. The molecule has 34 heavy (non-hydrogen) atoms. The van der Waals surface area contributed by atoms with Crippen LogP contribution in [-0.2, 0) is 6.42 Å². The first-order valence-electron chi connectivity index (χ1n) is 13.2. The molecule has 1 aromatic carbocycles. The van der Waals surface area contributed by atoms with Crippen molar-refractivity contribution in [3.63, 3.8) is 0 Å². The molecule has 2 N–H and O–H groups in total. The number of imide groups is 1. The van der Waals surface area contributed by atoms with Gasteiger partial charge in [0.25, 0.3) is 0 Å². The van der Waals surface area contributed by atoms with Crippen molar-refractivity contribution >= 4 is 12.0 Å². The number of quaternary nitrogens is 1. The smallest absolute Gasteiger partial charge is 0.435 e. The van der Waals surface area contributed by atoms with Gasteiger partial charge in [0.2, 0.25) is 0 Å². The van der Waals surface area contributed by atoms with E-state index in [1.54, 1.807) is 0 Å². The number of aromatic amines is 1. The largest absolute Gasteiger partial charge is 0.521 e. The van der Waals surface area contributed by atoms with Crippen molar-refractivity contribution in [2.24, 2.45) is 23.2 Å². The molecule has 2 aromatic rings. The minimum Gasteiger partial charge on any atom is -0.435 e. The molecule has 1 aliphatic heterocycles. The Balaban J connectivity index is 1.34. The molecule has 4 saturated carbocycles. The summed E-state index contributed by atoms with van der Waals surface area (Å²) in [6.07, 6.45) is 10.6. The number of carbonyl (C=O) groups is 2. The highest BCUT2D eigenvalue weighted by Gasteiger charge is 2.52. The topological polar surface area (TPSA) is 83.1 Å². The van der Waals surface area contributed by atoms with E-state index in [1.165, 1.54) is 38.5 Å². The zero-order valence-electron chi connectivity index (χ0n) is 20.2. The number of imidazole rings is 1. The number of aryl methyl sites for hydroxylation is 2. The predicted molar refractivity (Wildman–Crippen MR) is 129 cm³/mol. The van der Waals surface area contributed by atoms with Gasteiger partial charge in [-0.2, -0.15) is 9.28 Å². The Morgan fingerprint density at radius 3 is 2.26 bits per heavy atom. The molecule has 4 aliphatic carbocycles. The molecule has 2 heterocycles. The lowest BCUT2D eigenvalue weighted by molar-refractivity contribution is -0.761. The van der Waals surface area contributed by atoms with E-state index >= 15 is 0 Å². The molecule has 0 radical (unpaired) electrons. The number of aromatic nitrogens is 2. The van der Waals surface area contributed by atoms with Crippen molar-refractivity contribution in [1.29, 1.82) is 0 Å². The predicted octanol–water partition coefficient (Wildman–Crippen LogP) is 5.96. The summed E-state index contributed by atoms with van der Waals surface area (Å²) in [7, 11) is 0. The Bertz CT molecular complexity index is 1090. The van der Waals surface area contributed by atoms with Gasteiger partial charge in [-0.3, -0.25) is 0 Å². The van der Waals surface area contributed by atoms with Crippen LogP contribution in [0, 0.1) is 30.1 Å². The number of carbonyl (C=O) groups excluding carboxylic acids is 1. The first kappa shape index (κ1) is 22.0. The van der Waals surface area contributed by atoms with Gasteiger partial charge in [-0.15, -0.1) is 0 Å². The zero-order valence-corrected chi connectivity index (χ0v) is 20.2. The van der Waals surface area contributed by atoms with Gasteiger partial charge >= 0.3 is 12.0 Å². The molecule has 1 aromatic heterocycles. The fourth-order valence-corrected chi connectivity index (χ4v) is 8.28. The third-order valence-electron chi connectivity index (χ3n) is 9.54. The summed E-state index contributed by atoms with van der Waals surface area (Å²) in [6.45, 7) is 2.75. The molecular weight excluding hydrogens is 426 g/mol. The minimum absolute atomic E-state index is 0.346. The van der Waals surface area contributed by atoms with Crippen molar-refractivity contribution in [2.75, 3.05) is 13.1 Å². The van der Waals surface area contributed by atoms with Crippen molar-refractivity contribution in [3.8, 4) is 11.4 Å². The normalized spacial score (nSPS) is 31.1. The quantitative estimate of drug-likeness (QED) is 0.537. The molecule has 180 valence electrons. The highest BCUT2D eigenvalue weighted by molar-refractivity contribution is 5.94. The number of hydrogen-bond donors (Lipinski definition) is 2. The molecule has 5 aliphatic rings. The molecule has 0 spiro atoms. The lowest BCUT2D eigenvalue weighted by atomic mass is 9.48. The van der Waals surface area contributed by atoms with Gasteiger partial charge in [-0.25, -0.2) is 9.78 Å². The Morgan fingerprint density at radius 1 is 1.06 bits per heavy atom. The van der Waals surface area contributed by atoms with E-state index in [0.29, 0.717) is 30.0 Å². The molecular formula is C28H36N3O3+. The van der Waals surface area contributed by atoms with Crippen LogP contribution in [0.5, 0.6) is 0 Å². The average Bonchev–Trinajstić information content (AvgIpc) is 3.45. The first-order chi connectivity index (χ1) is 16.4. The Hall–Kier alpha value is -2.47. The van der Waals surface area contributed by atoms with Crippen LogP contribution in [0.2, 0.25) is 0 Å². The van der Waals surface area contributed by atoms with Gasteiger partial charge in [-0.1, -0.05) is 24.3 Å². The summed E-state index contributed by atoms with van der Waals surface area (Å²) in [5, 5.41) is 10.1. The maximum absolute atomic E-state index is 13.8. The maximum atomic E-state index is 13.8. The number of carboxylic acid groups (broad SMARTS) is 1. The zero-order chi connectivity index (χ0) is 23.5. The number of nitrogens with one attached hydrogen (secondary N) is 1. The van der Waals surface area contributed by atoms with E-state index in [4.69, 9.17) is 4.98 Å². The maximum Gasteiger partial charge on any atom is 0.521 e. The first-order valence-corrected chi connectivity index (χ1v) is 13.2. The summed E-state index contributed by atoms with van der Waals surface area (Å²) in [6, 6.07) is 8.03. The number of hydrogen-bond acceptors (Lipinski definition) is 3. The molecule has 1 saturated heterocycles. The summed E-state index contributed by atoms with van der Waals surface area (Å²) in [4.78, 5) is 34.4. The highest BCUT2D eigenvalue weighted by atomic mass is 16.4. The van der Waals surface area contributed by atoms with Crippen LogP contribution in [0.1, 0.15) is 79.5 Å². The Kier molecular flexibility index (Phi) is 5.21. The lowest BCUT2D eigenvalue weighted by Crippen LogP contribution is -2.54. The third-order valence-corrected chi connectivity index (χ3v) is 9.54. The highest BCUT2D eigenvalue weighted by Crippen LogP contribution is 2.61. The van der Waals surface area contributed by atoms with E-state index in [0.717, 1.165) is 60.3 Å². The Morgan fingerprint density at radius 2 is 1.68 bits per heavy atom. The molecule has 7 rings (SSSR count). The van der Waals surface area contributed by atoms with Gasteiger partial charge in [0.05, 0.1) is 18.8 Å². The van der Waals surface area contributed by atoms with Crippen LogP contribution in [0.25, 0.3) is 11.4 Å². The number of likely N-dealkylation sites (tertiary alicyclic amines) is 1. The van der Waals surface area contributed by atoms with Crippen molar-refractivity contribution in [1.82, 2.24) is 9.97 Å². The van der Waals surface area contributed by atoms with Crippen molar-refractivity contribution in [3.05, 3.63) is 41.2 Å². The second-order valence-corrected chi connectivity index (χ2v) is 11.9. The summed E-state index contributed by atoms with van der Waals surface area (Å²) in [5.41, 5.74) is 3.65. The molecule has 2 amide bonds. The lowest BCUT2D eigenvalue weighted by Gasteiger charge is -2.57. The van der Waals surface area contributed by atoms with Crippen LogP contribution in [0.3, 0.4) is 0 Å². The van der Waals surface area contributed by atoms with E-state index in [2.05, 4.69) is 4.98 Å². The minimum atomic E-state index is -1.05. The Labute approximate surface area is 201 Å². The van der Waals surface area contributed by atoms with Gasteiger partial charge in [0.15, 0.2) is 5.69 Å². The van der Waals surface area contributed by atoms with Crippen LogP contribution < -0.4 is 0 Å². The molecule has 4 bridgehead atoms. The summed E-state index contributed by atoms with van der Waals surface area (Å²) in [5.74, 6) is 3.01. The molecule has 6 nitrogen and oxygen atoms in total. The monoisotopic (exact) mass is 462 g/mol. The molecule has 6 heteroatoms. The molecule has 0 unspecified atom stereocenters. The van der Waals surface area contributed by atoms with Gasteiger partial charge < -0.3 is 10.1 Å². The van der Waals surface area contributed by atoms with Crippen LogP contribution in [0.15, 0.2) is 24.3 Å². The van der Waals surface area contributed by atoms with Crippen molar-refractivity contribution < 1.29 is 19.2 Å². The standard InChI is InChI=1S/C28H35N3O3/c1-18-6-2-3-7-22(18)25-29-23(24(30-25)26(32)31(27(33)34)10-4-5-11-31)8-9-28-15-19-12-20(16-28)14-21(13-19)17-28/h2-3,6-7,19-21H,4-5,8-17H2,1H3,(H-,29,30,32,33,34)/p+1. The van der Waals surface area contributed by atoms with E-state index in [-0.39, 0.29) is 5.91 Å². The number of rotatable bonds is 5. The second-order valence-electron chi connectivity index (χ2n) is 11.9. The van der Waals surface area contributed by atoms with E-state index in [1.807, 2.05) is 31.2 Å². The van der Waals surface area contributed by atoms with E-state index in [9.17, 15) is 14.7 Å². The molecule has 0 atom stereocenters. The summed E-state index contributed by atoms with van der Waals surface area (Å²) < 4.78 is -0.511. The van der Waals surface area contributed by atoms with Crippen LogP contribution in [0.4, 0.5) is 4.79 Å². The SMILES string of the molecule is Cc1ccccc1-c1nc(C(=O)[N+]2(C(=O)O)CCCC2)c(CCC23CC4CC(CC(C4)C2)C3)[nH]1. The number of benzene rings is 1. The number of nitrogens with zero attached hydrogens (tertiary/aromatic N) is 2.